The lowest BCUT2D eigenvalue weighted by Gasteiger charge is -2.33. The van der Waals surface area contributed by atoms with E-state index in [1.54, 1.807) is 24.1 Å². The Bertz CT molecular complexity index is 990. The van der Waals surface area contributed by atoms with Gasteiger partial charge in [-0.1, -0.05) is 18.0 Å². The predicted molar refractivity (Wildman–Crippen MR) is 103 cm³/mol. The monoisotopic (exact) mass is 399 g/mol. The van der Waals surface area contributed by atoms with Crippen LogP contribution < -0.4 is 11.5 Å². The van der Waals surface area contributed by atoms with E-state index in [9.17, 15) is 9.18 Å². The Hall–Kier alpha value is -3.36. The minimum Gasteiger partial charge on any atom is -0.444 e. The van der Waals surface area contributed by atoms with Crippen LogP contribution in [-0.2, 0) is 16.2 Å². The molecule has 2 aliphatic rings. The van der Waals surface area contributed by atoms with Gasteiger partial charge in [-0.3, -0.25) is 4.79 Å². The first-order valence-corrected chi connectivity index (χ1v) is 9.37. The van der Waals surface area contributed by atoms with Crippen LogP contribution in [0.4, 0.5) is 4.39 Å². The predicted octanol–water partition coefficient (Wildman–Crippen LogP) is 2.27. The largest absolute Gasteiger partial charge is 0.444 e. The van der Waals surface area contributed by atoms with Crippen molar-refractivity contribution in [3.8, 4) is 11.5 Å². The van der Waals surface area contributed by atoms with Crippen molar-refractivity contribution in [1.82, 2.24) is 9.88 Å². The third-order valence-electron chi connectivity index (χ3n) is 5.64. The number of oxime groups is 1. The van der Waals surface area contributed by atoms with Crippen molar-refractivity contribution in [3.63, 3.8) is 0 Å². The van der Waals surface area contributed by atoms with E-state index in [1.807, 2.05) is 0 Å². The molecule has 1 amide bonds. The molecule has 1 spiro atoms. The fraction of sp³-hybridized carbons (Fsp3) is 0.350. The summed E-state index contributed by atoms with van der Waals surface area (Å²) in [7, 11) is 1.74. The second-order valence-electron chi connectivity index (χ2n) is 7.29. The molecule has 1 aliphatic carbocycles. The van der Waals surface area contributed by atoms with Gasteiger partial charge in [-0.15, -0.1) is 0 Å². The lowest BCUT2D eigenvalue weighted by atomic mass is 9.93. The number of aromatic nitrogens is 1. The number of nitrogens with two attached hydrogens (primary N) is 2. The van der Waals surface area contributed by atoms with Crippen LogP contribution in [0, 0.1) is 5.82 Å². The Morgan fingerprint density at radius 1 is 1.34 bits per heavy atom. The Morgan fingerprint density at radius 3 is 2.72 bits per heavy atom. The van der Waals surface area contributed by atoms with E-state index in [0.29, 0.717) is 22.8 Å². The molecule has 0 bridgehead atoms. The molecule has 1 aromatic carbocycles. The number of amides is 1. The molecule has 1 aliphatic heterocycles. The molecule has 0 saturated heterocycles. The van der Waals surface area contributed by atoms with Crippen molar-refractivity contribution < 1.29 is 18.4 Å². The van der Waals surface area contributed by atoms with Gasteiger partial charge in [0.25, 0.3) is 5.91 Å². The maximum atomic E-state index is 13.0. The van der Waals surface area contributed by atoms with Crippen molar-refractivity contribution in [2.75, 3.05) is 7.05 Å². The molecule has 1 fully saturated rings. The molecule has 8 nitrogen and oxygen atoms in total. The number of nitrogens with zero attached hydrogens (tertiary/aromatic N) is 3. The summed E-state index contributed by atoms with van der Waals surface area (Å²) in [4.78, 5) is 23.9. The Kier molecular flexibility index (Phi) is 4.73. The number of likely N-dealkylation sites (N-methyl/N-ethyl adjacent to an activating group) is 1. The Morgan fingerprint density at radius 2 is 2.03 bits per heavy atom. The lowest BCUT2D eigenvalue weighted by Crippen LogP contribution is -2.45. The van der Waals surface area contributed by atoms with Crippen molar-refractivity contribution in [1.29, 1.82) is 0 Å². The highest BCUT2D eigenvalue weighted by Crippen LogP contribution is 2.44. The van der Waals surface area contributed by atoms with E-state index in [4.69, 9.17) is 20.7 Å². The number of benzene rings is 1. The van der Waals surface area contributed by atoms with E-state index in [1.165, 1.54) is 18.4 Å². The van der Waals surface area contributed by atoms with Crippen LogP contribution in [0.3, 0.4) is 0 Å². The third kappa shape index (κ3) is 3.22. The van der Waals surface area contributed by atoms with Crippen LogP contribution in [0.15, 0.2) is 51.4 Å². The fourth-order valence-electron chi connectivity index (χ4n) is 4.01. The van der Waals surface area contributed by atoms with Gasteiger partial charge in [0, 0.05) is 12.6 Å². The first-order valence-electron chi connectivity index (χ1n) is 9.37. The molecule has 4 rings (SSSR count). The smallest absolute Gasteiger partial charge is 0.260 e. The maximum absolute atomic E-state index is 13.0. The SMILES string of the molecule is CN1C(=O)C(/C(N)=N/OCc2coc(-c3ccc(F)cc3)n2)=C(N)C12CCCC2. The third-order valence-corrected chi connectivity index (χ3v) is 5.64. The van der Waals surface area contributed by atoms with E-state index in [0.717, 1.165) is 25.7 Å². The molecule has 4 N–H and O–H groups in total. The Balaban J connectivity index is 1.45. The van der Waals surface area contributed by atoms with Gasteiger partial charge in [0.2, 0.25) is 5.89 Å². The van der Waals surface area contributed by atoms with Crippen LogP contribution in [0.2, 0.25) is 0 Å². The zero-order valence-corrected chi connectivity index (χ0v) is 16.0. The molecule has 152 valence electrons. The number of carbonyl (C=O) groups is 1. The minimum atomic E-state index is -0.456. The second-order valence-corrected chi connectivity index (χ2v) is 7.29. The van der Waals surface area contributed by atoms with Gasteiger partial charge in [0.05, 0.1) is 11.2 Å². The van der Waals surface area contributed by atoms with Crippen molar-refractivity contribution in [2.24, 2.45) is 16.6 Å². The molecule has 0 unspecified atom stereocenters. The lowest BCUT2D eigenvalue weighted by molar-refractivity contribution is -0.127. The summed E-state index contributed by atoms with van der Waals surface area (Å²) in [5, 5.41) is 3.86. The van der Waals surface area contributed by atoms with Gasteiger partial charge >= 0.3 is 0 Å². The summed E-state index contributed by atoms with van der Waals surface area (Å²) < 4.78 is 18.4. The van der Waals surface area contributed by atoms with Crippen molar-refractivity contribution in [3.05, 3.63) is 53.3 Å². The van der Waals surface area contributed by atoms with E-state index in [2.05, 4.69) is 10.1 Å². The first kappa shape index (κ1) is 19.0. The standard InChI is InChI=1S/C20H22FN5O3/c1-26-19(27)15(16(22)20(26)8-2-3-9-20)17(23)25-29-11-14-10-28-18(24-14)12-4-6-13(21)7-5-12/h4-7,10H,2-3,8-9,11,22H2,1H3,(H2,23,25). The number of rotatable bonds is 5. The number of oxazole rings is 1. The van der Waals surface area contributed by atoms with E-state index in [-0.39, 0.29) is 29.7 Å². The molecule has 9 heteroatoms. The molecular weight excluding hydrogens is 377 g/mol. The number of carbonyl (C=O) groups excluding carboxylic acids is 1. The van der Waals surface area contributed by atoms with Crippen LogP contribution >= 0.6 is 0 Å². The number of amidine groups is 1. The number of hydrogen-bond donors (Lipinski definition) is 2. The summed E-state index contributed by atoms with van der Waals surface area (Å²) in [5.74, 6) is -0.295. The molecule has 0 atom stereocenters. The van der Waals surface area contributed by atoms with Gasteiger partial charge in [-0.25, -0.2) is 9.37 Å². The van der Waals surface area contributed by atoms with Crippen LogP contribution in [-0.4, -0.2) is 34.2 Å². The van der Waals surface area contributed by atoms with Crippen LogP contribution in [0.25, 0.3) is 11.5 Å². The first-order chi connectivity index (χ1) is 13.9. The summed E-state index contributed by atoms with van der Waals surface area (Å²) in [5.41, 5.74) is 13.7. The highest BCUT2D eigenvalue weighted by atomic mass is 19.1. The Labute approximate surface area is 167 Å². The maximum Gasteiger partial charge on any atom is 0.260 e. The highest BCUT2D eigenvalue weighted by Gasteiger charge is 2.51. The summed E-state index contributed by atoms with van der Waals surface area (Å²) in [6, 6.07) is 5.79. The summed E-state index contributed by atoms with van der Waals surface area (Å²) in [6.45, 7) is -0.00620. The summed E-state index contributed by atoms with van der Waals surface area (Å²) >= 11 is 0. The topological polar surface area (TPSA) is 120 Å². The normalized spacial score (nSPS) is 18.9. The zero-order valence-electron chi connectivity index (χ0n) is 16.0. The molecular formula is C20H22FN5O3. The summed E-state index contributed by atoms with van der Waals surface area (Å²) in [6.07, 6.45) is 5.09. The quantitative estimate of drug-likeness (QED) is 0.452. The van der Waals surface area contributed by atoms with Crippen molar-refractivity contribution in [2.45, 2.75) is 37.8 Å². The molecule has 1 saturated carbocycles. The molecule has 2 heterocycles. The van der Waals surface area contributed by atoms with E-state index >= 15 is 0 Å². The molecule has 0 radical (unpaired) electrons. The fourth-order valence-corrected chi connectivity index (χ4v) is 4.01. The second kappa shape index (κ2) is 7.23. The molecule has 29 heavy (non-hydrogen) atoms. The van der Waals surface area contributed by atoms with Gasteiger partial charge in [-0.2, -0.15) is 0 Å². The average molecular weight is 399 g/mol. The number of halogens is 1. The van der Waals surface area contributed by atoms with Gasteiger partial charge in [0.15, 0.2) is 12.4 Å². The van der Waals surface area contributed by atoms with Gasteiger partial charge in [-0.05, 0) is 37.1 Å². The van der Waals surface area contributed by atoms with Crippen LogP contribution in [0.1, 0.15) is 31.4 Å². The van der Waals surface area contributed by atoms with Crippen LogP contribution in [0.5, 0.6) is 0 Å². The highest BCUT2D eigenvalue weighted by molar-refractivity contribution is 6.22. The average Bonchev–Trinajstić information content (AvgIpc) is 3.41. The zero-order chi connectivity index (χ0) is 20.6. The number of hydrogen-bond acceptors (Lipinski definition) is 6. The molecule has 1 aromatic heterocycles. The molecule has 2 aromatic rings. The minimum absolute atomic E-state index is 0.00620. The van der Waals surface area contributed by atoms with E-state index < -0.39 is 5.54 Å². The van der Waals surface area contributed by atoms with Crippen molar-refractivity contribution >= 4 is 11.7 Å². The van der Waals surface area contributed by atoms with Gasteiger partial charge < -0.3 is 25.6 Å². The van der Waals surface area contributed by atoms with Gasteiger partial charge in [0.1, 0.15) is 23.3 Å².